The first-order chi connectivity index (χ1) is 19.6. The lowest BCUT2D eigenvalue weighted by Crippen LogP contribution is -2.22. The van der Waals surface area contributed by atoms with E-state index in [1.54, 1.807) is 48.5 Å². The monoisotopic (exact) mass is 591 g/mol. The Morgan fingerprint density at radius 3 is 1.68 bits per heavy atom. The fourth-order valence-electron chi connectivity index (χ4n) is 4.00. The summed E-state index contributed by atoms with van der Waals surface area (Å²) in [5.41, 5.74) is 3.04. The van der Waals surface area contributed by atoms with Gasteiger partial charge in [0.25, 0.3) is 22.5 Å². The zero-order chi connectivity index (χ0) is 29.7. The van der Waals surface area contributed by atoms with E-state index < -0.39 is 28.5 Å². The number of anilines is 4. The van der Waals surface area contributed by atoms with Gasteiger partial charge in [-0.15, -0.1) is 0 Å². The quantitative estimate of drug-likeness (QED) is 0.171. The van der Waals surface area contributed by atoms with Gasteiger partial charge in [-0.3, -0.25) is 9.11 Å². The third-order valence-corrected chi connectivity index (χ3v) is 7.42. The number of nitrogens with zero attached hydrogens (tertiary/aromatic N) is 3. The summed E-state index contributed by atoms with van der Waals surface area (Å²) in [4.78, 5) is 12.7. The van der Waals surface area contributed by atoms with Gasteiger partial charge >= 0.3 is 5.97 Å². The average molecular weight is 592 g/mol. The minimum Gasteiger partial charge on any atom is -0.465 e. The lowest BCUT2D eigenvalue weighted by molar-refractivity contribution is 0.0601. The van der Waals surface area contributed by atoms with E-state index >= 15 is 0 Å². The van der Waals surface area contributed by atoms with Gasteiger partial charge in [-0.25, -0.2) is 21.8 Å². The molecular weight excluding hydrogens is 566 g/mol. The van der Waals surface area contributed by atoms with Gasteiger partial charge in [0.05, 0.1) is 41.0 Å². The number of carbonyl (C=O) groups excluding carboxylic acids is 1. The molecule has 0 radical (unpaired) electrons. The van der Waals surface area contributed by atoms with Gasteiger partial charge in [0.15, 0.2) is 0 Å². The largest absolute Gasteiger partial charge is 0.465 e. The maximum Gasteiger partial charge on any atom is 0.340 e. The van der Waals surface area contributed by atoms with Crippen molar-refractivity contribution in [1.82, 2.24) is 0 Å². The number of nitriles is 1. The van der Waals surface area contributed by atoms with Crippen molar-refractivity contribution < 1.29 is 31.8 Å². The Morgan fingerprint density at radius 2 is 1.22 bits per heavy atom. The predicted octanol–water partition coefficient (Wildman–Crippen LogP) is 6.30. The number of esters is 1. The minimum absolute atomic E-state index is 0.0358. The number of aryl methyl sites for hydroxylation is 2. The highest BCUT2D eigenvalue weighted by atomic mass is 32.2. The first kappa shape index (κ1) is 29.4. The number of hydrogen-bond acceptors (Lipinski definition) is 6. The van der Waals surface area contributed by atoms with Crippen molar-refractivity contribution in [2.75, 3.05) is 15.7 Å². The van der Waals surface area contributed by atoms with Crippen LogP contribution < -0.4 is 13.3 Å². The smallest absolute Gasteiger partial charge is 0.340 e. The van der Waals surface area contributed by atoms with E-state index in [-0.39, 0.29) is 34.0 Å². The van der Waals surface area contributed by atoms with Gasteiger partial charge in [0.1, 0.15) is 17.6 Å². The van der Waals surface area contributed by atoms with Gasteiger partial charge < -0.3 is 9.47 Å². The van der Waals surface area contributed by atoms with Crippen LogP contribution in [0.3, 0.4) is 0 Å². The van der Waals surface area contributed by atoms with E-state index in [1.807, 2.05) is 19.9 Å². The fraction of sp³-hybridized carbons (Fsp3) is 0.103. The number of hydrogen-bond donors (Lipinski definition) is 2. The van der Waals surface area contributed by atoms with E-state index in [1.165, 1.54) is 43.5 Å². The third-order valence-electron chi connectivity index (χ3n) is 5.98. The SMILES string of the molecule is COC(=O)c1cc(Oc2ccc(N(c3ccc(C)cc3)S(=O)O)c(C#N)c2)ccc1N(c1ccc(C)cc1)S(=O)O. The molecule has 41 heavy (non-hydrogen) atoms. The van der Waals surface area contributed by atoms with Crippen LogP contribution in [-0.4, -0.2) is 30.6 Å². The van der Waals surface area contributed by atoms with E-state index in [2.05, 4.69) is 0 Å². The molecule has 0 bridgehead atoms. The molecule has 0 aliphatic heterocycles. The average Bonchev–Trinajstić information content (AvgIpc) is 2.95. The lowest BCUT2D eigenvalue weighted by Gasteiger charge is -2.23. The topological polar surface area (TPSA) is 140 Å². The molecule has 0 heterocycles. The number of ether oxygens (including phenoxy) is 2. The number of benzene rings is 4. The molecule has 0 aliphatic carbocycles. The number of rotatable bonds is 9. The van der Waals surface area contributed by atoms with Gasteiger partial charge in [-0.1, -0.05) is 35.4 Å². The van der Waals surface area contributed by atoms with Crippen LogP contribution >= 0.6 is 0 Å². The first-order valence-electron chi connectivity index (χ1n) is 12.0. The molecule has 2 unspecified atom stereocenters. The Labute approximate surface area is 242 Å². The van der Waals surface area contributed by atoms with Crippen LogP contribution in [0.15, 0.2) is 84.9 Å². The Morgan fingerprint density at radius 1 is 0.756 bits per heavy atom. The molecule has 0 saturated carbocycles. The van der Waals surface area contributed by atoms with Crippen LogP contribution in [0.4, 0.5) is 22.7 Å². The molecule has 0 aromatic heterocycles. The first-order valence-corrected chi connectivity index (χ1v) is 14.2. The maximum absolute atomic E-state index is 12.7. The van der Waals surface area contributed by atoms with Crippen molar-refractivity contribution in [2.24, 2.45) is 0 Å². The molecule has 4 aromatic carbocycles. The maximum atomic E-state index is 12.7. The molecule has 10 nitrogen and oxygen atoms in total. The Kier molecular flexibility index (Phi) is 9.16. The standard InChI is InChI=1S/C29H25N3O7S2/c1-19-4-8-22(9-5-19)31(40(34)35)27-14-12-24(16-21(27)18-30)39-25-13-15-28(26(17-25)29(33)38-3)32(41(36)37)23-10-6-20(2)7-11-23/h4-17H,1-3H3,(H,34,35)(H,36,37). The predicted molar refractivity (Wildman–Crippen MR) is 157 cm³/mol. The van der Waals surface area contributed by atoms with Crippen LogP contribution in [-0.2, 0) is 27.3 Å². The number of carbonyl (C=O) groups is 1. The molecule has 0 saturated heterocycles. The van der Waals surface area contributed by atoms with Crippen LogP contribution in [0.5, 0.6) is 11.5 Å². The summed E-state index contributed by atoms with van der Waals surface area (Å²) < 4.78 is 57.6. The molecule has 2 atom stereocenters. The van der Waals surface area contributed by atoms with Crippen molar-refractivity contribution in [3.05, 3.63) is 107 Å². The molecule has 4 aromatic rings. The summed E-state index contributed by atoms with van der Waals surface area (Å²) in [7, 11) is 1.19. The second kappa shape index (κ2) is 12.8. The molecule has 0 aliphatic rings. The van der Waals surface area contributed by atoms with E-state index in [0.29, 0.717) is 11.4 Å². The fourth-order valence-corrected chi connectivity index (χ4v) is 5.26. The molecule has 0 spiro atoms. The third kappa shape index (κ3) is 6.62. The van der Waals surface area contributed by atoms with Gasteiger partial charge in [0.2, 0.25) is 0 Å². The summed E-state index contributed by atoms with van der Waals surface area (Å²) in [5.74, 6) is -0.373. The van der Waals surface area contributed by atoms with Crippen LogP contribution in [0.25, 0.3) is 0 Å². The van der Waals surface area contributed by atoms with Gasteiger partial charge in [-0.05, 0) is 68.4 Å². The molecular formula is C29H25N3O7S2. The zero-order valence-corrected chi connectivity index (χ0v) is 23.8. The summed E-state index contributed by atoms with van der Waals surface area (Å²) >= 11 is -4.99. The second-order valence-corrected chi connectivity index (χ2v) is 10.4. The van der Waals surface area contributed by atoms with E-state index in [0.717, 1.165) is 19.7 Å². The highest BCUT2D eigenvalue weighted by molar-refractivity contribution is 7.81. The normalized spacial score (nSPS) is 12.1. The summed E-state index contributed by atoms with van der Waals surface area (Å²) in [6.45, 7) is 3.77. The summed E-state index contributed by atoms with van der Waals surface area (Å²) in [6, 6.07) is 24.5. The number of methoxy groups -OCH3 is 1. The van der Waals surface area contributed by atoms with Crippen LogP contribution in [0, 0.1) is 25.2 Å². The summed E-state index contributed by atoms with van der Waals surface area (Å²) in [5, 5.41) is 9.82. The highest BCUT2D eigenvalue weighted by Crippen LogP contribution is 2.36. The van der Waals surface area contributed by atoms with E-state index in [4.69, 9.17) is 9.47 Å². The molecule has 210 valence electrons. The van der Waals surface area contributed by atoms with Gasteiger partial charge in [-0.2, -0.15) is 5.26 Å². The van der Waals surface area contributed by atoms with Crippen molar-refractivity contribution in [3.8, 4) is 17.6 Å². The second-order valence-electron chi connectivity index (χ2n) is 8.78. The van der Waals surface area contributed by atoms with Crippen molar-refractivity contribution in [2.45, 2.75) is 13.8 Å². The van der Waals surface area contributed by atoms with E-state index in [9.17, 15) is 27.6 Å². The van der Waals surface area contributed by atoms with Gasteiger partial charge in [0, 0.05) is 6.07 Å². The van der Waals surface area contributed by atoms with Crippen LogP contribution in [0.1, 0.15) is 27.0 Å². The highest BCUT2D eigenvalue weighted by Gasteiger charge is 2.24. The Bertz CT molecular complexity index is 1670. The molecule has 0 amide bonds. The Hall–Kier alpha value is -4.54. The van der Waals surface area contributed by atoms with Crippen molar-refractivity contribution in [1.29, 1.82) is 5.26 Å². The molecule has 4 rings (SSSR count). The Balaban J connectivity index is 1.71. The summed E-state index contributed by atoms with van der Waals surface area (Å²) in [6.07, 6.45) is 0. The van der Waals surface area contributed by atoms with Crippen LogP contribution in [0.2, 0.25) is 0 Å². The van der Waals surface area contributed by atoms with Crippen molar-refractivity contribution in [3.63, 3.8) is 0 Å². The minimum atomic E-state index is -2.52. The zero-order valence-electron chi connectivity index (χ0n) is 22.2. The molecule has 0 fully saturated rings. The molecule has 12 heteroatoms. The lowest BCUT2D eigenvalue weighted by atomic mass is 10.1. The van der Waals surface area contributed by atoms with Crippen molar-refractivity contribution >= 4 is 51.3 Å². The molecule has 2 N–H and O–H groups in total.